The van der Waals surface area contributed by atoms with Crippen molar-refractivity contribution >= 4 is 11.4 Å². The van der Waals surface area contributed by atoms with Crippen LogP contribution >= 0.6 is 0 Å². The van der Waals surface area contributed by atoms with Crippen LogP contribution in [0.25, 0.3) is 0 Å². The number of anilines is 1. The van der Waals surface area contributed by atoms with Crippen LogP contribution in [-0.4, -0.2) is 19.9 Å². The van der Waals surface area contributed by atoms with Crippen molar-refractivity contribution in [2.24, 2.45) is 5.10 Å². The van der Waals surface area contributed by atoms with E-state index in [2.05, 4.69) is 29.3 Å². The number of ether oxygens (including phenoxy) is 2. The molecule has 1 heterocycles. The maximum absolute atomic E-state index is 5.25. The minimum atomic E-state index is 0.166. The zero-order chi connectivity index (χ0) is 16.1. The molecule has 0 saturated heterocycles. The van der Waals surface area contributed by atoms with E-state index in [1.807, 2.05) is 36.4 Å². The molecule has 3 rings (SSSR count). The average molecular weight is 308 g/mol. The van der Waals surface area contributed by atoms with Crippen molar-refractivity contribution in [3.63, 3.8) is 0 Å². The van der Waals surface area contributed by atoms with Crippen LogP contribution in [-0.2, 0) is 4.74 Å². The molecule has 118 valence electrons. The van der Waals surface area contributed by atoms with Gasteiger partial charge in [-0.1, -0.05) is 30.3 Å². The zero-order valence-electron chi connectivity index (χ0n) is 13.3. The number of para-hydroxylation sites is 1. The number of hydrogen-bond donors (Lipinski definition) is 0. The highest BCUT2D eigenvalue weighted by Crippen LogP contribution is 2.35. The lowest BCUT2D eigenvalue weighted by Gasteiger charge is -2.24. The molecule has 0 radical (unpaired) electrons. The molecule has 0 aliphatic carbocycles. The van der Waals surface area contributed by atoms with E-state index in [-0.39, 0.29) is 6.04 Å². The lowest BCUT2D eigenvalue weighted by molar-refractivity contribution is 0.338. The molecule has 4 nitrogen and oxygen atoms in total. The number of allylic oxidation sites excluding steroid dienone is 1. The molecule has 0 N–H and O–H groups in total. The predicted octanol–water partition coefficient (Wildman–Crippen LogP) is 4.16. The van der Waals surface area contributed by atoms with Crippen molar-refractivity contribution in [3.05, 3.63) is 72.5 Å². The molecule has 0 aromatic heterocycles. The molecule has 1 atom stereocenters. The van der Waals surface area contributed by atoms with Crippen LogP contribution in [0.4, 0.5) is 5.69 Å². The summed E-state index contributed by atoms with van der Waals surface area (Å²) in [6.45, 7) is 0. The third-order valence-electron chi connectivity index (χ3n) is 3.85. The molecule has 0 fully saturated rings. The number of methoxy groups -OCH3 is 2. The van der Waals surface area contributed by atoms with E-state index in [1.54, 1.807) is 20.5 Å². The highest BCUT2D eigenvalue weighted by atomic mass is 16.5. The second-order valence-corrected chi connectivity index (χ2v) is 5.30. The molecule has 1 unspecified atom stereocenters. The highest BCUT2D eigenvalue weighted by molar-refractivity contribution is 5.98. The molecule has 0 amide bonds. The van der Waals surface area contributed by atoms with Crippen LogP contribution in [0.2, 0.25) is 0 Å². The van der Waals surface area contributed by atoms with Crippen LogP contribution in [0, 0.1) is 0 Å². The minimum absolute atomic E-state index is 0.166. The molecule has 1 aliphatic heterocycles. The van der Waals surface area contributed by atoms with Gasteiger partial charge in [-0.3, -0.25) is 5.01 Å². The lowest BCUT2D eigenvalue weighted by Crippen LogP contribution is -2.18. The fourth-order valence-electron chi connectivity index (χ4n) is 2.68. The number of benzene rings is 2. The van der Waals surface area contributed by atoms with Crippen LogP contribution in [0.5, 0.6) is 5.75 Å². The Morgan fingerprint density at radius 3 is 2.43 bits per heavy atom. The maximum Gasteiger partial charge on any atom is 0.118 e. The Kier molecular flexibility index (Phi) is 4.62. The topological polar surface area (TPSA) is 34.1 Å². The van der Waals surface area contributed by atoms with E-state index in [1.165, 1.54) is 5.56 Å². The Hall–Kier alpha value is -2.75. The van der Waals surface area contributed by atoms with E-state index in [0.29, 0.717) is 0 Å². The van der Waals surface area contributed by atoms with Gasteiger partial charge >= 0.3 is 0 Å². The van der Waals surface area contributed by atoms with E-state index in [0.717, 1.165) is 23.6 Å². The van der Waals surface area contributed by atoms with Crippen LogP contribution < -0.4 is 9.75 Å². The van der Waals surface area contributed by atoms with Gasteiger partial charge < -0.3 is 9.47 Å². The van der Waals surface area contributed by atoms with Crippen LogP contribution in [0.3, 0.4) is 0 Å². The summed E-state index contributed by atoms with van der Waals surface area (Å²) >= 11 is 0. The lowest BCUT2D eigenvalue weighted by atomic mass is 10.0. The zero-order valence-corrected chi connectivity index (χ0v) is 13.3. The molecule has 23 heavy (non-hydrogen) atoms. The highest BCUT2D eigenvalue weighted by Gasteiger charge is 2.28. The normalized spacial score (nSPS) is 17.4. The van der Waals surface area contributed by atoms with Crippen molar-refractivity contribution in [3.8, 4) is 5.75 Å². The van der Waals surface area contributed by atoms with Crippen molar-refractivity contribution in [2.45, 2.75) is 12.5 Å². The summed E-state index contributed by atoms with van der Waals surface area (Å²) in [5, 5.41) is 6.81. The third-order valence-corrected chi connectivity index (χ3v) is 3.85. The summed E-state index contributed by atoms with van der Waals surface area (Å²) in [6.07, 6.45) is 4.42. The Bertz CT molecular complexity index is 693. The van der Waals surface area contributed by atoms with Crippen molar-refractivity contribution < 1.29 is 9.47 Å². The molecule has 0 bridgehead atoms. The predicted molar refractivity (Wildman–Crippen MR) is 92.9 cm³/mol. The number of hydrogen-bond acceptors (Lipinski definition) is 4. The van der Waals surface area contributed by atoms with Gasteiger partial charge in [0.15, 0.2) is 0 Å². The Morgan fingerprint density at radius 2 is 1.78 bits per heavy atom. The van der Waals surface area contributed by atoms with Gasteiger partial charge in [-0.15, -0.1) is 0 Å². The van der Waals surface area contributed by atoms with Gasteiger partial charge in [-0.25, -0.2) is 0 Å². The third kappa shape index (κ3) is 3.37. The van der Waals surface area contributed by atoms with Gasteiger partial charge in [-0.05, 0) is 35.9 Å². The second kappa shape index (κ2) is 7.01. The molecule has 2 aromatic rings. The Labute approximate surface area is 136 Å². The van der Waals surface area contributed by atoms with Gasteiger partial charge in [0.2, 0.25) is 0 Å². The molecule has 1 aliphatic rings. The maximum atomic E-state index is 5.25. The Balaban J connectivity index is 1.92. The van der Waals surface area contributed by atoms with Gasteiger partial charge in [0, 0.05) is 6.42 Å². The van der Waals surface area contributed by atoms with Gasteiger partial charge in [0.25, 0.3) is 0 Å². The average Bonchev–Trinajstić information content (AvgIpc) is 3.05. The fourth-order valence-corrected chi connectivity index (χ4v) is 2.68. The first kappa shape index (κ1) is 15.2. The second-order valence-electron chi connectivity index (χ2n) is 5.30. The van der Waals surface area contributed by atoms with Gasteiger partial charge in [0.1, 0.15) is 5.75 Å². The van der Waals surface area contributed by atoms with Crippen molar-refractivity contribution in [1.82, 2.24) is 0 Å². The van der Waals surface area contributed by atoms with Gasteiger partial charge in [-0.2, -0.15) is 5.10 Å². The van der Waals surface area contributed by atoms with Crippen LogP contribution in [0.1, 0.15) is 18.0 Å². The molecule has 2 aromatic carbocycles. The monoisotopic (exact) mass is 308 g/mol. The minimum Gasteiger partial charge on any atom is -0.504 e. The summed E-state index contributed by atoms with van der Waals surface area (Å²) < 4.78 is 10.3. The van der Waals surface area contributed by atoms with E-state index in [9.17, 15) is 0 Å². The standard InChI is InChI=1S/C19H20N2O2/c1-22-13-12-16-14-19(15-8-10-18(23-2)11-9-15)21(20-16)17-6-4-3-5-7-17/h3-13,19H,14H2,1-2H3/b13-12+. The molecule has 0 spiro atoms. The van der Waals surface area contributed by atoms with Gasteiger partial charge in [0.05, 0.1) is 37.9 Å². The quantitative estimate of drug-likeness (QED) is 0.778. The van der Waals surface area contributed by atoms with E-state index >= 15 is 0 Å². The number of hydrazone groups is 1. The summed E-state index contributed by atoms with van der Waals surface area (Å²) in [5.41, 5.74) is 3.28. The smallest absolute Gasteiger partial charge is 0.118 e. The fraction of sp³-hybridized carbons (Fsp3) is 0.211. The molecule has 4 heteroatoms. The SMILES string of the molecule is CO/C=C/C1=NN(c2ccccc2)C(c2ccc(OC)cc2)C1. The first-order valence-electron chi connectivity index (χ1n) is 7.57. The van der Waals surface area contributed by atoms with Crippen LogP contribution in [0.15, 0.2) is 72.0 Å². The molecule has 0 saturated carbocycles. The summed E-state index contributed by atoms with van der Waals surface area (Å²) in [6, 6.07) is 18.5. The first-order valence-corrected chi connectivity index (χ1v) is 7.57. The van der Waals surface area contributed by atoms with Crippen molar-refractivity contribution in [1.29, 1.82) is 0 Å². The largest absolute Gasteiger partial charge is 0.504 e. The molecular formula is C19H20N2O2. The van der Waals surface area contributed by atoms with E-state index in [4.69, 9.17) is 14.6 Å². The van der Waals surface area contributed by atoms with E-state index < -0.39 is 0 Å². The summed E-state index contributed by atoms with van der Waals surface area (Å²) in [5.74, 6) is 0.860. The number of rotatable bonds is 5. The first-order chi connectivity index (χ1) is 11.3. The summed E-state index contributed by atoms with van der Waals surface area (Å²) in [7, 11) is 3.32. The summed E-state index contributed by atoms with van der Waals surface area (Å²) in [4.78, 5) is 0. The molecular weight excluding hydrogens is 288 g/mol. The number of nitrogens with zero attached hydrogens (tertiary/aromatic N) is 2. The van der Waals surface area contributed by atoms with Crippen molar-refractivity contribution in [2.75, 3.05) is 19.2 Å². The Morgan fingerprint density at radius 1 is 1.04 bits per heavy atom.